The first-order valence-corrected chi connectivity index (χ1v) is 8.09. The molecule has 0 spiro atoms. The molecule has 0 aliphatic carbocycles. The highest BCUT2D eigenvalue weighted by Gasteiger charge is 2.18. The number of aromatic nitrogens is 1. The number of hydrogen-bond donors (Lipinski definition) is 1. The van der Waals surface area contributed by atoms with Crippen LogP contribution in [0, 0.1) is 24.0 Å². The van der Waals surface area contributed by atoms with E-state index in [0.29, 0.717) is 29.9 Å². The molecule has 1 rings (SSSR count). The largest absolute Gasteiger partial charge is 0.311 e. The average Bonchev–Trinajstić information content (AvgIpc) is 2.35. The number of rotatable bonds is 7. The van der Waals surface area contributed by atoms with Crippen molar-refractivity contribution in [2.45, 2.75) is 39.0 Å². The molecule has 20 heavy (non-hydrogen) atoms. The van der Waals surface area contributed by atoms with Crippen molar-refractivity contribution >= 4 is 16.5 Å². The van der Waals surface area contributed by atoms with Gasteiger partial charge in [0.25, 0.3) is 5.69 Å². The standard InChI is InChI=1S/C13H21N3O3S/c1-9-7-15-12(11(3)13(9)16(17)18)8-14-6-5-10(2)20(4)19/h7,10,14H,5-6,8H2,1-4H3. The summed E-state index contributed by atoms with van der Waals surface area (Å²) in [6, 6.07) is 0. The van der Waals surface area contributed by atoms with E-state index in [1.165, 1.54) is 6.20 Å². The van der Waals surface area contributed by atoms with Gasteiger partial charge in [0.05, 0.1) is 10.6 Å². The van der Waals surface area contributed by atoms with Gasteiger partial charge in [0, 0.05) is 46.2 Å². The molecule has 1 aromatic rings. The van der Waals surface area contributed by atoms with Crippen molar-refractivity contribution < 1.29 is 9.13 Å². The highest BCUT2D eigenvalue weighted by Crippen LogP contribution is 2.23. The maximum atomic E-state index is 11.2. The highest BCUT2D eigenvalue weighted by atomic mass is 32.2. The molecule has 2 atom stereocenters. The van der Waals surface area contributed by atoms with Gasteiger partial charge in [-0.3, -0.25) is 19.3 Å². The zero-order chi connectivity index (χ0) is 15.3. The van der Waals surface area contributed by atoms with Gasteiger partial charge in [-0.25, -0.2) is 0 Å². The Morgan fingerprint density at radius 1 is 1.50 bits per heavy atom. The summed E-state index contributed by atoms with van der Waals surface area (Å²) in [4.78, 5) is 14.9. The quantitative estimate of drug-likeness (QED) is 0.472. The van der Waals surface area contributed by atoms with E-state index in [0.717, 1.165) is 6.42 Å². The average molecular weight is 299 g/mol. The minimum Gasteiger partial charge on any atom is -0.311 e. The lowest BCUT2D eigenvalue weighted by Gasteiger charge is -2.11. The van der Waals surface area contributed by atoms with Gasteiger partial charge in [-0.2, -0.15) is 0 Å². The van der Waals surface area contributed by atoms with Gasteiger partial charge in [-0.05, 0) is 26.8 Å². The van der Waals surface area contributed by atoms with E-state index in [4.69, 9.17) is 0 Å². The zero-order valence-electron chi connectivity index (χ0n) is 12.3. The van der Waals surface area contributed by atoms with Crippen molar-refractivity contribution in [3.05, 3.63) is 33.1 Å². The normalized spacial score (nSPS) is 14.0. The molecule has 0 aliphatic heterocycles. The Morgan fingerprint density at radius 2 is 2.15 bits per heavy atom. The van der Waals surface area contributed by atoms with Crippen molar-refractivity contribution in [2.75, 3.05) is 12.8 Å². The lowest BCUT2D eigenvalue weighted by atomic mass is 10.1. The minimum absolute atomic E-state index is 0.139. The first-order valence-electron chi connectivity index (χ1n) is 6.47. The molecule has 1 N–H and O–H groups in total. The van der Waals surface area contributed by atoms with Gasteiger partial charge in [-0.15, -0.1) is 0 Å². The molecule has 112 valence electrons. The molecule has 1 heterocycles. The first-order chi connectivity index (χ1) is 9.34. The van der Waals surface area contributed by atoms with Crippen LogP contribution >= 0.6 is 0 Å². The number of aryl methyl sites for hydroxylation is 1. The smallest absolute Gasteiger partial charge is 0.278 e. The van der Waals surface area contributed by atoms with E-state index >= 15 is 0 Å². The van der Waals surface area contributed by atoms with Gasteiger partial charge in [0.2, 0.25) is 0 Å². The summed E-state index contributed by atoms with van der Waals surface area (Å²) < 4.78 is 11.2. The molecule has 0 aromatic carbocycles. The fraction of sp³-hybridized carbons (Fsp3) is 0.615. The van der Waals surface area contributed by atoms with Gasteiger partial charge < -0.3 is 5.32 Å². The van der Waals surface area contributed by atoms with Crippen LogP contribution in [0.2, 0.25) is 0 Å². The van der Waals surface area contributed by atoms with E-state index in [1.807, 2.05) is 6.92 Å². The van der Waals surface area contributed by atoms with Crippen LogP contribution in [0.5, 0.6) is 0 Å². The molecule has 2 unspecified atom stereocenters. The first kappa shape index (κ1) is 16.7. The molecule has 0 amide bonds. The van der Waals surface area contributed by atoms with Crippen LogP contribution < -0.4 is 5.32 Å². The molecule has 6 nitrogen and oxygen atoms in total. The van der Waals surface area contributed by atoms with Crippen LogP contribution in [0.1, 0.15) is 30.2 Å². The molecule has 0 radical (unpaired) electrons. The molecule has 0 saturated heterocycles. The Balaban J connectivity index is 2.63. The van der Waals surface area contributed by atoms with Gasteiger partial charge in [0.15, 0.2) is 0 Å². The minimum atomic E-state index is -0.821. The second kappa shape index (κ2) is 7.44. The van der Waals surface area contributed by atoms with E-state index in [2.05, 4.69) is 10.3 Å². The molecule has 1 aromatic heterocycles. The summed E-state index contributed by atoms with van der Waals surface area (Å²) in [6.07, 6.45) is 4.03. The predicted molar refractivity (Wildman–Crippen MR) is 80.2 cm³/mol. The lowest BCUT2D eigenvalue weighted by molar-refractivity contribution is -0.386. The Kier molecular flexibility index (Phi) is 6.22. The molecule has 0 fully saturated rings. The molecular formula is C13H21N3O3S. The summed E-state index contributed by atoms with van der Waals surface area (Å²) in [6.45, 7) is 6.55. The molecule has 0 aliphatic rings. The van der Waals surface area contributed by atoms with Crippen molar-refractivity contribution in [1.82, 2.24) is 10.3 Å². The highest BCUT2D eigenvalue weighted by molar-refractivity contribution is 7.84. The van der Waals surface area contributed by atoms with Gasteiger partial charge in [0.1, 0.15) is 0 Å². The fourth-order valence-corrected chi connectivity index (χ4v) is 2.35. The Labute approximate surface area is 121 Å². The van der Waals surface area contributed by atoms with Crippen LogP contribution in [0.3, 0.4) is 0 Å². The predicted octanol–water partition coefficient (Wildman–Crippen LogP) is 1.85. The van der Waals surface area contributed by atoms with E-state index < -0.39 is 10.8 Å². The Morgan fingerprint density at radius 3 is 2.70 bits per heavy atom. The Bertz CT molecular complexity index is 520. The summed E-state index contributed by atoms with van der Waals surface area (Å²) in [7, 11) is -0.821. The van der Waals surface area contributed by atoms with E-state index in [1.54, 1.807) is 20.1 Å². The van der Waals surface area contributed by atoms with E-state index in [-0.39, 0.29) is 15.9 Å². The number of nitro groups is 1. The molecule has 0 saturated carbocycles. The van der Waals surface area contributed by atoms with Crippen molar-refractivity contribution in [3.63, 3.8) is 0 Å². The van der Waals surface area contributed by atoms with Gasteiger partial charge in [-0.1, -0.05) is 6.92 Å². The van der Waals surface area contributed by atoms with Crippen LogP contribution in [0.4, 0.5) is 5.69 Å². The molecular weight excluding hydrogens is 278 g/mol. The van der Waals surface area contributed by atoms with Crippen LogP contribution in [-0.4, -0.2) is 32.2 Å². The van der Waals surface area contributed by atoms with Crippen LogP contribution in [-0.2, 0) is 17.3 Å². The van der Waals surface area contributed by atoms with E-state index in [9.17, 15) is 14.3 Å². The maximum absolute atomic E-state index is 11.2. The third-order valence-corrected chi connectivity index (χ3v) is 4.71. The van der Waals surface area contributed by atoms with Gasteiger partial charge >= 0.3 is 0 Å². The van der Waals surface area contributed by atoms with Crippen LogP contribution in [0.15, 0.2) is 6.20 Å². The number of nitrogens with zero attached hydrogens (tertiary/aromatic N) is 2. The summed E-state index contributed by atoms with van der Waals surface area (Å²) >= 11 is 0. The summed E-state index contributed by atoms with van der Waals surface area (Å²) in [5.41, 5.74) is 2.01. The second-order valence-corrected chi connectivity index (χ2v) is 6.70. The number of nitrogens with one attached hydrogen (secondary N) is 1. The number of pyridine rings is 1. The fourth-order valence-electron chi connectivity index (χ4n) is 1.90. The Hall–Kier alpha value is -1.34. The van der Waals surface area contributed by atoms with Crippen molar-refractivity contribution in [2.24, 2.45) is 0 Å². The van der Waals surface area contributed by atoms with Crippen LogP contribution in [0.25, 0.3) is 0 Å². The topological polar surface area (TPSA) is 85.1 Å². The van der Waals surface area contributed by atoms with Crippen molar-refractivity contribution in [3.8, 4) is 0 Å². The lowest BCUT2D eigenvalue weighted by Crippen LogP contribution is -2.22. The second-order valence-electron chi connectivity index (χ2n) is 4.89. The summed E-state index contributed by atoms with van der Waals surface area (Å²) in [5, 5.41) is 14.3. The summed E-state index contributed by atoms with van der Waals surface area (Å²) in [5.74, 6) is 0. The SMILES string of the molecule is Cc1cnc(CNCCC(C)S(C)=O)c(C)c1[N+](=O)[O-]. The zero-order valence-corrected chi connectivity index (χ0v) is 13.1. The third kappa shape index (κ3) is 4.35. The third-order valence-electron chi connectivity index (χ3n) is 3.34. The molecule has 0 bridgehead atoms. The number of hydrogen-bond acceptors (Lipinski definition) is 5. The van der Waals surface area contributed by atoms with Crippen molar-refractivity contribution in [1.29, 1.82) is 0 Å². The molecule has 7 heteroatoms. The monoisotopic (exact) mass is 299 g/mol. The maximum Gasteiger partial charge on any atom is 0.278 e.